The summed E-state index contributed by atoms with van der Waals surface area (Å²) < 4.78 is 0. The summed E-state index contributed by atoms with van der Waals surface area (Å²) >= 11 is 0. The molecule has 0 atom stereocenters. The molecule has 1 nitrogen and oxygen atoms in total. The summed E-state index contributed by atoms with van der Waals surface area (Å²) in [5, 5.41) is 10.4. The van der Waals surface area contributed by atoms with E-state index >= 15 is 0 Å². The van der Waals surface area contributed by atoms with Gasteiger partial charge in [-0.05, 0) is 28.9 Å². The molecule has 0 aliphatic heterocycles. The monoisotopic (exact) mass is 247 g/mol. The first-order chi connectivity index (χ1) is 7.03. The van der Waals surface area contributed by atoms with E-state index in [4.69, 9.17) is 0 Å². The summed E-state index contributed by atoms with van der Waals surface area (Å²) in [6.45, 7) is 14.9. The molecule has 1 aromatic carbocycles. The number of benzene rings is 1. The molecule has 1 rings (SSSR count). The van der Waals surface area contributed by atoms with Gasteiger partial charge in [0.25, 0.3) is 0 Å². The third-order valence-electron chi connectivity index (χ3n) is 2.87. The van der Waals surface area contributed by atoms with E-state index in [2.05, 4.69) is 60.6 Å². The van der Waals surface area contributed by atoms with Crippen LogP contribution >= 0.6 is 0 Å². The van der Waals surface area contributed by atoms with Crippen molar-refractivity contribution in [1.29, 1.82) is 0 Å². The summed E-state index contributed by atoms with van der Waals surface area (Å²) in [5.74, 6) is 0.464. The average molecular weight is 248 g/mol. The zero-order chi connectivity index (χ0) is 12.7. The first kappa shape index (κ1) is 16.8. The zero-order valence-electron chi connectivity index (χ0n) is 15.3. The number of aryl methyl sites for hydroxylation is 1. The Hall–Kier alpha value is -0.214. The van der Waals surface area contributed by atoms with Crippen LogP contribution in [-0.4, -0.2) is 28.2 Å². The van der Waals surface area contributed by atoms with Gasteiger partial charge in [0.15, 0.2) is 0 Å². The Labute approximate surface area is 126 Å². The smallest absolute Gasteiger partial charge is 1.00 e. The first-order valence-corrected chi connectivity index (χ1v) is 5.88. The van der Waals surface area contributed by atoms with E-state index < -0.39 is 0 Å². The number of phenols is 1. The number of rotatable bonds is 0. The van der Waals surface area contributed by atoms with E-state index in [9.17, 15) is 5.11 Å². The van der Waals surface area contributed by atoms with Gasteiger partial charge in [-0.3, -0.25) is 0 Å². The summed E-state index contributed by atoms with van der Waals surface area (Å²) in [6, 6.07) is 4.18. The summed E-state index contributed by atoms with van der Waals surface area (Å²) in [6.07, 6.45) is 0. The van der Waals surface area contributed by atoms with Crippen LogP contribution in [0.5, 0.6) is 5.75 Å². The fourth-order valence-electron chi connectivity index (χ4n) is 1.92. The molecule has 0 bridgehead atoms. The zero-order valence-corrected chi connectivity index (χ0v) is 13.7. The molecule has 0 unspecified atom stereocenters. The Bertz CT molecular complexity index is 372. The van der Waals surface area contributed by atoms with Crippen LogP contribution in [0.15, 0.2) is 12.1 Å². The van der Waals surface area contributed by atoms with E-state index in [-0.39, 0.29) is 38.2 Å². The minimum Gasteiger partial charge on any atom is -1.00 e. The molecule has 2 heteroatoms. The molecule has 0 saturated heterocycles. The summed E-state index contributed by atoms with van der Waals surface area (Å²) in [4.78, 5) is 0. The van der Waals surface area contributed by atoms with Crippen LogP contribution in [0.4, 0.5) is 0 Å². The quantitative estimate of drug-likeness (QED) is 0.680. The van der Waals surface area contributed by atoms with Crippen molar-refractivity contribution in [2.24, 2.45) is 0 Å². The summed E-state index contributed by atoms with van der Waals surface area (Å²) in [7, 11) is 0. The predicted molar refractivity (Wildman–Crippen MR) is 79.3 cm³/mol. The van der Waals surface area contributed by atoms with Crippen molar-refractivity contribution < 1.29 is 9.39 Å². The molecule has 0 aromatic heterocycles. The van der Waals surface area contributed by atoms with Crippen molar-refractivity contribution in [3.05, 3.63) is 28.8 Å². The van der Waals surface area contributed by atoms with Gasteiger partial charge in [-0.1, -0.05) is 59.2 Å². The van der Waals surface area contributed by atoms with E-state index in [0.29, 0.717) is 5.75 Å². The molecule has 1 N–H and O–H groups in total. The first-order valence-electron chi connectivity index (χ1n) is 5.88. The van der Waals surface area contributed by atoms with Crippen LogP contribution in [0.2, 0.25) is 0 Å². The molecule has 0 radical (unpaired) electrons. The van der Waals surface area contributed by atoms with Crippen LogP contribution in [0.1, 0.15) is 62.5 Å². The molecule has 0 saturated carbocycles. The van der Waals surface area contributed by atoms with E-state index in [1.807, 2.05) is 0 Å². The second-order valence-electron chi connectivity index (χ2n) is 6.71. The van der Waals surface area contributed by atoms with E-state index in [0.717, 1.165) is 11.1 Å². The second kappa shape index (κ2) is 5.19. The number of hydrogen-bond donors (Lipinski definition) is 1. The van der Waals surface area contributed by atoms with Crippen LogP contribution in [-0.2, 0) is 10.8 Å². The van der Waals surface area contributed by atoms with Crippen molar-refractivity contribution in [3.8, 4) is 5.75 Å². The Morgan fingerprint density at radius 2 is 1.18 bits per heavy atom. The maximum atomic E-state index is 10.4. The minimum atomic E-state index is -0.0178. The van der Waals surface area contributed by atoms with Crippen molar-refractivity contribution in [2.75, 3.05) is 0 Å². The van der Waals surface area contributed by atoms with Gasteiger partial charge in [0.1, 0.15) is 5.75 Å². The maximum Gasteiger partial charge on any atom is 2.00 e. The second-order valence-corrected chi connectivity index (χ2v) is 6.71. The standard InChI is InChI=1S/C15H24O.Mg.3H/c1-10-8-11(14(2,3)4)13(16)12(9-10)15(5,6)7;;;;/h8-9,16H,1-7H3;;;;/q;+2;3*-1. The molecular formula is C15H27MgO-. The Morgan fingerprint density at radius 3 is 1.41 bits per heavy atom. The van der Waals surface area contributed by atoms with E-state index in [1.165, 1.54) is 5.56 Å². The molecule has 1 aromatic rings. The molecule has 17 heavy (non-hydrogen) atoms. The van der Waals surface area contributed by atoms with Gasteiger partial charge < -0.3 is 9.39 Å². The topological polar surface area (TPSA) is 20.2 Å². The molecule has 96 valence electrons. The third kappa shape index (κ3) is 3.89. The van der Waals surface area contributed by atoms with Crippen LogP contribution in [0, 0.1) is 6.92 Å². The third-order valence-corrected chi connectivity index (χ3v) is 2.87. The Morgan fingerprint density at radius 1 is 0.882 bits per heavy atom. The van der Waals surface area contributed by atoms with Crippen molar-refractivity contribution in [1.82, 2.24) is 0 Å². The van der Waals surface area contributed by atoms with Gasteiger partial charge in [0.05, 0.1) is 0 Å². The van der Waals surface area contributed by atoms with Gasteiger partial charge in [-0.2, -0.15) is 0 Å². The number of phenolic OH excluding ortho intramolecular Hbond substituents is 1. The van der Waals surface area contributed by atoms with Crippen molar-refractivity contribution in [2.45, 2.75) is 59.3 Å². The molecule has 0 aliphatic carbocycles. The molecule has 0 heterocycles. The Kier molecular flexibility index (Phi) is 5.13. The number of aromatic hydroxyl groups is 1. The number of hydrogen-bond acceptors (Lipinski definition) is 1. The maximum absolute atomic E-state index is 10.4. The SMILES string of the molecule is Cc1cc(C(C)(C)C)c(O)c(C(C)(C)C)c1.[H-].[H-].[H-].[Mg+2]. The Balaban J connectivity index is -0.000000320. The fraction of sp³-hybridized carbons (Fsp3) is 0.600. The van der Waals surface area contributed by atoms with E-state index in [1.54, 1.807) is 0 Å². The minimum absolute atomic E-state index is 0. The van der Waals surface area contributed by atoms with Crippen LogP contribution < -0.4 is 0 Å². The van der Waals surface area contributed by atoms with Gasteiger partial charge in [0, 0.05) is 0 Å². The van der Waals surface area contributed by atoms with Crippen molar-refractivity contribution >= 4 is 23.1 Å². The normalized spacial score (nSPS) is 12.2. The van der Waals surface area contributed by atoms with Crippen LogP contribution in [0.3, 0.4) is 0 Å². The van der Waals surface area contributed by atoms with Gasteiger partial charge in [-0.25, -0.2) is 0 Å². The molecule has 0 amide bonds. The van der Waals surface area contributed by atoms with Crippen LogP contribution in [0.25, 0.3) is 0 Å². The average Bonchev–Trinajstić information content (AvgIpc) is 2.04. The fourth-order valence-corrected chi connectivity index (χ4v) is 1.92. The molecule has 0 fully saturated rings. The predicted octanol–water partition coefficient (Wildman–Crippen LogP) is 4.25. The largest absolute Gasteiger partial charge is 2.00 e. The summed E-state index contributed by atoms with van der Waals surface area (Å²) in [5.41, 5.74) is 3.26. The van der Waals surface area contributed by atoms with Crippen molar-refractivity contribution in [3.63, 3.8) is 0 Å². The molecular weight excluding hydrogens is 220 g/mol. The van der Waals surface area contributed by atoms with Gasteiger partial charge >= 0.3 is 23.1 Å². The van der Waals surface area contributed by atoms with Gasteiger partial charge in [-0.15, -0.1) is 0 Å². The molecule has 0 aliphatic rings. The molecule has 0 spiro atoms. The van der Waals surface area contributed by atoms with Gasteiger partial charge in [0.2, 0.25) is 0 Å².